The average molecular weight is 245 g/mol. The third-order valence-corrected chi connectivity index (χ3v) is 3.14. The minimum atomic E-state index is 0.172. The molecule has 2 aromatic rings. The summed E-state index contributed by atoms with van der Waals surface area (Å²) < 4.78 is 5.67. The van der Waals surface area contributed by atoms with Crippen LogP contribution in [0, 0.1) is 13.8 Å². The van der Waals surface area contributed by atoms with E-state index in [-0.39, 0.29) is 5.54 Å². The number of fused-ring (bicyclic) bond motifs is 1. The Kier molecular flexibility index (Phi) is 3.49. The third-order valence-electron chi connectivity index (χ3n) is 3.14. The van der Waals surface area contributed by atoms with E-state index in [2.05, 4.69) is 52.1 Å². The highest BCUT2D eigenvalue weighted by Crippen LogP contribution is 2.26. The Morgan fingerprint density at radius 2 is 1.89 bits per heavy atom. The second kappa shape index (κ2) is 4.77. The molecule has 0 aliphatic rings. The van der Waals surface area contributed by atoms with Gasteiger partial charge >= 0.3 is 0 Å². The van der Waals surface area contributed by atoms with Crippen molar-refractivity contribution >= 4 is 11.0 Å². The maximum atomic E-state index is 5.67. The van der Waals surface area contributed by atoms with Crippen molar-refractivity contribution in [2.45, 2.75) is 46.6 Å². The van der Waals surface area contributed by atoms with E-state index in [4.69, 9.17) is 4.42 Å². The van der Waals surface area contributed by atoms with Crippen molar-refractivity contribution in [1.29, 1.82) is 0 Å². The van der Waals surface area contributed by atoms with Crippen LogP contribution in [0.3, 0.4) is 0 Å². The number of benzene rings is 1. The number of hydrogen-bond acceptors (Lipinski definition) is 2. The minimum absolute atomic E-state index is 0.172. The summed E-state index contributed by atoms with van der Waals surface area (Å²) in [5.74, 6) is 0. The Morgan fingerprint density at radius 3 is 2.56 bits per heavy atom. The van der Waals surface area contributed by atoms with Crippen molar-refractivity contribution in [3.63, 3.8) is 0 Å². The molecule has 0 radical (unpaired) electrons. The van der Waals surface area contributed by atoms with E-state index in [0.29, 0.717) is 0 Å². The van der Waals surface area contributed by atoms with Gasteiger partial charge in [-0.15, -0.1) is 0 Å². The van der Waals surface area contributed by atoms with Crippen molar-refractivity contribution in [2.75, 3.05) is 6.54 Å². The van der Waals surface area contributed by atoms with Crippen LogP contribution < -0.4 is 5.32 Å². The van der Waals surface area contributed by atoms with Crippen LogP contribution in [0.5, 0.6) is 0 Å². The zero-order valence-corrected chi connectivity index (χ0v) is 12.1. The van der Waals surface area contributed by atoms with Gasteiger partial charge in [0.1, 0.15) is 5.58 Å². The first-order valence-corrected chi connectivity index (χ1v) is 6.59. The van der Waals surface area contributed by atoms with Crippen LogP contribution in [-0.2, 0) is 6.42 Å². The van der Waals surface area contributed by atoms with Gasteiger partial charge in [-0.3, -0.25) is 0 Å². The molecule has 18 heavy (non-hydrogen) atoms. The highest BCUT2D eigenvalue weighted by atomic mass is 16.3. The molecule has 0 spiro atoms. The Morgan fingerprint density at radius 1 is 1.17 bits per heavy atom. The molecule has 0 unspecified atom stereocenters. The Bertz CT molecular complexity index is 546. The lowest BCUT2D eigenvalue weighted by Crippen LogP contribution is -2.37. The lowest BCUT2D eigenvalue weighted by molar-refractivity contribution is 0.429. The largest absolute Gasteiger partial charge is 0.464 e. The fourth-order valence-corrected chi connectivity index (χ4v) is 2.38. The molecule has 2 nitrogen and oxygen atoms in total. The Hall–Kier alpha value is -1.28. The summed E-state index contributed by atoms with van der Waals surface area (Å²) in [5, 5.41) is 4.80. The molecule has 1 aromatic carbocycles. The van der Waals surface area contributed by atoms with Gasteiger partial charge < -0.3 is 9.73 Å². The zero-order chi connectivity index (χ0) is 13.3. The molecule has 0 aliphatic carbocycles. The maximum Gasteiger partial charge on any atom is 0.134 e. The molecule has 1 heterocycles. The van der Waals surface area contributed by atoms with Gasteiger partial charge in [-0.2, -0.15) is 0 Å². The van der Waals surface area contributed by atoms with Crippen molar-refractivity contribution in [3.8, 4) is 0 Å². The average Bonchev–Trinajstić information content (AvgIpc) is 2.59. The summed E-state index contributed by atoms with van der Waals surface area (Å²) in [6, 6.07) is 4.33. The summed E-state index contributed by atoms with van der Waals surface area (Å²) in [6.45, 7) is 11.8. The van der Waals surface area contributed by atoms with Crippen LogP contribution >= 0.6 is 0 Å². The van der Waals surface area contributed by atoms with Crippen LogP contribution in [0.1, 0.15) is 37.5 Å². The predicted molar refractivity (Wildman–Crippen MR) is 77.1 cm³/mol. The Balaban J connectivity index is 2.19. The summed E-state index contributed by atoms with van der Waals surface area (Å²) in [6.07, 6.45) is 2.91. The first-order chi connectivity index (χ1) is 8.37. The summed E-state index contributed by atoms with van der Waals surface area (Å²) in [4.78, 5) is 0. The van der Waals surface area contributed by atoms with Crippen molar-refractivity contribution in [1.82, 2.24) is 5.32 Å². The first-order valence-electron chi connectivity index (χ1n) is 6.59. The highest BCUT2D eigenvalue weighted by Gasteiger charge is 2.11. The number of aryl methyl sites for hydroxylation is 2. The van der Waals surface area contributed by atoms with Gasteiger partial charge in [-0.05, 0) is 70.3 Å². The van der Waals surface area contributed by atoms with E-state index < -0.39 is 0 Å². The van der Waals surface area contributed by atoms with E-state index in [1.54, 1.807) is 0 Å². The van der Waals surface area contributed by atoms with Gasteiger partial charge in [0.05, 0.1) is 6.26 Å². The van der Waals surface area contributed by atoms with E-state index >= 15 is 0 Å². The number of nitrogens with one attached hydrogen (secondary N) is 1. The second-order valence-electron chi connectivity index (χ2n) is 6.14. The van der Waals surface area contributed by atoms with Crippen LogP contribution in [-0.4, -0.2) is 12.1 Å². The van der Waals surface area contributed by atoms with E-state index in [1.165, 1.54) is 22.1 Å². The number of rotatable bonds is 3. The fourth-order valence-electron chi connectivity index (χ4n) is 2.38. The fraction of sp³-hybridized carbons (Fsp3) is 0.500. The van der Waals surface area contributed by atoms with Crippen LogP contribution in [0.2, 0.25) is 0 Å². The Labute approximate surface area is 109 Å². The quantitative estimate of drug-likeness (QED) is 0.884. The smallest absolute Gasteiger partial charge is 0.134 e. The van der Waals surface area contributed by atoms with E-state index in [9.17, 15) is 0 Å². The van der Waals surface area contributed by atoms with Crippen molar-refractivity contribution < 1.29 is 4.42 Å². The van der Waals surface area contributed by atoms with Crippen LogP contribution in [0.4, 0.5) is 0 Å². The molecule has 0 aliphatic heterocycles. The third kappa shape index (κ3) is 2.94. The molecule has 0 bridgehead atoms. The summed E-state index contributed by atoms with van der Waals surface area (Å²) in [5.41, 5.74) is 5.06. The van der Waals surface area contributed by atoms with Gasteiger partial charge in [0.15, 0.2) is 0 Å². The van der Waals surface area contributed by atoms with Gasteiger partial charge in [-0.25, -0.2) is 0 Å². The molecule has 98 valence electrons. The highest BCUT2D eigenvalue weighted by molar-refractivity contribution is 5.85. The SMILES string of the molecule is Cc1cc(C)c2c(CCNC(C)(C)C)coc2c1. The van der Waals surface area contributed by atoms with Gasteiger partial charge in [0, 0.05) is 10.9 Å². The first kappa shape index (κ1) is 13.2. The van der Waals surface area contributed by atoms with Crippen molar-refractivity contribution in [3.05, 3.63) is 35.1 Å². The number of hydrogen-bond donors (Lipinski definition) is 1. The van der Waals surface area contributed by atoms with Crippen LogP contribution in [0.15, 0.2) is 22.8 Å². The lowest BCUT2D eigenvalue weighted by Gasteiger charge is -2.20. The summed E-state index contributed by atoms with van der Waals surface area (Å²) >= 11 is 0. The van der Waals surface area contributed by atoms with Gasteiger partial charge in [-0.1, -0.05) is 6.07 Å². The topological polar surface area (TPSA) is 25.2 Å². The predicted octanol–water partition coefficient (Wildman–Crippen LogP) is 3.98. The molecule has 1 aromatic heterocycles. The molecule has 0 fully saturated rings. The van der Waals surface area contributed by atoms with Crippen LogP contribution in [0.25, 0.3) is 11.0 Å². The number of furan rings is 1. The molecular weight excluding hydrogens is 222 g/mol. The normalized spacial score (nSPS) is 12.3. The molecule has 0 saturated heterocycles. The van der Waals surface area contributed by atoms with E-state index in [1.807, 2.05) is 6.26 Å². The molecule has 2 rings (SSSR count). The minimum Gasteiger partial charge on any atom is -0.464 e. The van der Waals surface area contributed by atoms with Gasteiger partial charge in [0.25, 0.3) is 0 Å². The second-order valence-corrected chi connectivity index (χ2v) is 6.14. The lowest BCUT2D eigenvalue weighted by atomic mass is 10.0. The van der Waals surface area contributed by atoms with Gasteiger partial charge in [0.2, 0.25) is 0 Å². The molecule has 0 saturated carbocycles. The molecular formula is C16H23NO. The van der Waals surface area contributed by atoms with E-state index in [0.717, 1.165) is 18.5 Å². The standard InChI is InChI=1S/C16H23NO/c1-11-8-12(2)15-13(10-18-14(15)9-11)6-7-17-16(3,4)5/h8-10,17H,6-7H2,1-5H3. The summed E-state index contributed by atoms with van der Waals surface area (Å²) in [7, 11) is 0. The molecule has 0 amide bonds. The maximum absolute atomic E-state index is 5.67. The van der Waals surface area contributed by atoms with Crippen molar-refractivity contribution in [2.24, 2.45) is 0 Å². The molecule has 1 N–H and O–H groups in total. The molecule has 2 heteroatoms. The monoisotopic (exact) mass is 245 g/mol. The molecule has 0 atom stereocenters. The zero-order valence-electron chi connectivity index (χ0n) is 12.1.